The molecule has 0 aromatic heterocycles. The molecule has 0 aliphatic heterocycles. The van der Waals surface area contributed by atoms with Crippen molar-refractivity contribution in [1.82, 2.24) is 0 Å². The fourth-order valence-electron chi connectivity index (χ4n) is 4.13. The van der Waals surface area contributed by atoms with E-state index >= 15 is 0 Å². The van der Waals surface area contributed by atoms with Gasteiger partial charge in [0.2, 0.25) is 0 Å². The van der Waals surface area contributed by atoms with Crippen LogP contribution in [-0.4, -0.2) is 0 Å². The van der Waals surface area contributed by atoms with Gasteiger partial charge in [-0.05, 0) is 54.0 Å². The van der Waals surface area contributed by atoms with Gasteiger partial charge in [0.05, 0.1) is 0 Å². The molecule has 0 heterocycles. The lowest BCUT2D eigenvalue weighted by molar-refractivity contribution is 0.304. The van der Waals surface area contributed by atoms with E-state index in [0.717, 1.165) is 31.2 Å². The van der Waals surface area contributed by atoms with Gasteiger partial charge in [-0.15, -0.1) is 0 Å². The summed E-state index contributed by atoms with van der Waals surface area (Å²) in [4.78, 5) is 0. The van der Waals surface area contributed by atoms with Crippen molar-refractivity contribution in [3.8, 4) is 16.9 Å². The first-order chi connectivity index (χ1) is 14.5. The lowest BCUT2D eigenvalue weighted by Gasteiger charge is -2.23. The van der Waals surface area contributed by atoms with E-state index in [0.29, 0.717) is 22.4 Å². The second-order valence-electron chi connectivity index (χ2n) is 8.06. The summed E-state index contributed by atoms with van der Waals surface area (Å²) in [5.74, 6) is -1.23. The maximum atomic E-state index is 14.8. The van der Waals surface area contributed by atoms with Gasteiger partial charge in [0.1, 0.15) is 18.2 Å². The second kappa shape index (κ2) is 8.95. The Morgan fingerprint density at radius 2 is 1.57 bits per heavy atom. The van der Waals surface area contributed by atoms with Gasteiger partial charge in [-0.1, -0.05) is 61.7 Å². The summed E-state index contributed by atoms with van der Waals surface area (Å²) in [6.07, 6.45) is 5.18. The van der Waals surface area contributed by atoms with Crippen molar-refractivity contribution in [2.45, 2.75) is 51.6 Å². The number of benzene rings is 3. The van der Waals surface area contributed by atoms with Crippen LogP contribution in [0.5, 0.6) is 5.75 Å². The van der Waals surface area contributed by atoms with Crippen molar-refractivity contribution >= 4 is 0 Å². The highest BCUT2D eigenvalue weighted by molar-refractivity contribution is 5.65. The molecule has 4 heteroatoms. The van der Waals surface area contributed by atoms with E-state index in [1.165, 1.54) is 12.5 Å². The summed E-state index contributed by atoms with van der Waals surface area (Å²) >= 11 is 0. The molecule has 0 spiro atoms. The van der Waals surface area contributed by atoms with Crippen LogP contribution in [-0.2, 0) is 6.61 Å². The van der Waals surface area contributed by atoms with E-state index in [1.807, 2.05) is 12.1 Å². The molecule has 0 unspecified atom stereocenters. The molecule has 0 radical (unpaired) electrons. The van der Waals surface area contributed by atoms with Crippen LogP contribution in [0.15, 0.2) is 54.6 Å². The molecule has 1 aliphatic rings. The summed E-state index contributed by atoms with van der Waals surface area (Å²) in [5, 5.41) is 0. The maximum absolute atomic E-state index is 14.8. The van der Waals surface area contributed by atoms with E-state index in [1.54, 1.807) is 43.3 Å². The molecule has 1 saturated carbocycles. The Morgan fingerprint density at radius 3 is 2.27 bits per heavy atom. The molecule has 1 aliphatic carbocycles. The minimum atomic E-state index is -0.780. The van der Waals surface area contributed by atoms with Gasteiger partial charge in [0.15, 0.2) is 11.6 Å². The van der Waals surface area contributed by atoms with Gasteiger partial charge in [-0.3, -0.25) is 0 Å². The van der Waals surface area contributed by atoms with Crippen LogP contribution in [0.3, 0.4) is 0 Å². The molecule has 1 nitrogen and oxygen atoms in total. The van der Waals surface area contributed by atoms with Crippen molar-refractivity contribution in [3.63, 3.8) is 0 Å². The van der Waals surface area contributed by atoms with Crippen LogP contribution in [0.1, 0.15) is 54.7 Å². The summed E-state index contributed by atoms with van der Waals surface area (Å²) < 4.78 is 48.8. The highest BCUT2D eigenvalue weighted by atomic mass is 19.2. The number of aryl methyl sites for hydroxylation is 1. The van der Waals surface area contributed by atoms with Crippen molar-refractivity contribution < 1.29 is 17.9 Å². The topological polar surface area (TPSA) is 9.23 Å². The Bertz CT molecular complexity index is 1020. The molecular weight excluding hydrogens is 385 g/mol. The average molecular weight is 410 g/mol. The molecule has 0 amide bonds. The van der Waals surface area contributed by atoms with Crippen LogP contribution >= 0.6 is 0 Å². The third-order valence-corrected chi connectivity index (χ3v) is 5.97. The zero-order valence-electron chi connectivity index (χ0n) is 17.1. The van der Waals surface area contributed by atoms with E-state index < -0.39 is 11.6 Å². The third-order valence-electron chi connectivity index (χ3n) is 5.97. The molecule has 0 atom stereocenters. The first-order valence-electron chi connectivity index (χ1n) is 10.5. The first-order valence-corrected chi connectivity index (χ1v) is 10.5. The zero-order valence-corrected chi connectivity index (χ0v) is 17.1. The molecule has 4 rings (SSSR count). The van der Waals surface area contributed by atoms with E-state index in [9.17, 15) is 13.2 Å². The number of halogens is 3. The molecule has 0 saturated heterocycles. The zero-order chi connectivity index (χ0) is 21.1. The molecule has 3 aromatic rings. The fourth-order valence-corrected chi connectivity index (χ4v) is 4.13. The predicted octanol–water partition coefficient (Wildman–Crippen LogP) is 7.71. The quantitative estimate of drug-likeness (QED) is 0.419. The molecule has 156 valence electrons. The number of hydrogen-bond acceptors (Lipinski definition) is 1. The van der Waals surface area contributed by atoms with Gasteiger partial charge >= 0.3 is 0 Å². The van der Waals surface area contributed by atoms with E-state index in [-0.39, 0.29) is 23.9 Å². The number of ether oxygens (including phenoxy) is 1. The van der Waals surface area contributed by atoms with Crippen LogP contribution < -0.4 is 4.74 Å². The van der Waals surface area contributed by atoms with Crippen molar-refractivity contribution in [3.05, 3.63) is 88.7 Å². The summed E-state index contributed by atoms with van der Waals surface area (Å²) in [5.41, 5.74) is 2.81. The second-order valence-corrected chi connectivity index (χ2v) is 8.06. The largest absolute Gasteiger partial charge is 0.489 e. The van der Waals surface area contributed by atoms with E-state index in [2.05, 4.69) is 0 Å². The minimum absolute atomic E-state index is 0.119. The highest BCUT2D eigenvalue weighted by Crippen LogP contribution is 2.37. The van der Waals surface area contributed by atoms with Gasteiger partial charge in [0.25, 0.3) is 0 Å². The van der Waals surface area contributed by atoms with Crippen LogP contribution in [0.4, 0.5) is 13.2 Å². The lowest BCUT2D eigenvalue weighted by Crippen LogP contribution is -2.08. The SMILES string of the molecule is Cc1ccc(OCc2ccc(-c3ccc(C4CCCCC4)c(F)c3F)cc2)cc1F. The Kier molecular flexibility index (Phi) is 6.12. The van der Waals surface area contributed by atoms with Crippen molar-refractivity contribution in [1.29, 1.82) is 0 Å². The minimum Gasteiger partial charge on any atom is -0.489 e. The lowest BCUT2D eigenvalue weighted by atomic mass is 9.83. The molecule has 0 N–H and O–H groups in total. The maximum Gasteiger partial charge on any atom is 0.166 e. The summed E-state index contributed by atoms with van der Waals surface area (Å²) in [7, 11) is 0. The van der Waals surface area contributed by atoms with Gasteiger partial charge in [-0.25, -0.2) is 13.2 Å². The predicted molar refractivity (Wildman–Crippen MR) is 113 cm³/mol. The van der Waals surface area contributed by atoms with Crippen molar-refractivity contribution in [2.24, 2.45) is 0 Å². The highest BCUT2D eigenvalue weighted by Gasteiger charge is 2.22. The summed E-state index contributed by atoms with van der Waals surface area (Å²) in [6.45, 7) is 1.96. The smallest absolute Gasteiger partial charge is 0.166 e. The molecule has 30 heavy (non-hydrogen) atoms. The molecule has 1 fully saturated rings. The summed E-state index contributed by atoms with van der Waals surface area (Å²) in [6, 6.07) is 15.3. The standard InChI is InChI=1S/C26H25F3O/c1-17-7-12-21(15-24(17)27)30-16-18-8-10-20(11-9-18)23-14-13-22(25(28)26(23)29)19-5-3-2-4-6-19/h7-15,19H,2-6,16H2,1H3. The monoisotopic (exact) mass is 410 g/mol. The Hall–Kier alpha value is -2.75. The van der Waals surface area contributed by atoms with E-state index in [4.69, 9.17) is 4.74 Å². The van der Waals surface area contributed by atoms with Crippen LogP contribution in [0.25, 0.3) is 11.1 Å². The Balaban J connectivity index is 1.48. The molecular formula is C26H25F3O. The number of rotatable bonds is 5. The first kappa shape index (κ1) is 20.5. The van der Waals surface area contributed by atoms with Crippen LogP contribution in [0.2, 0.25) is 0 Å². The van der Waals surface area contributed by atoms with Gasteiger partial charge in [0, 0.05) is 11.6 Å². The Labute approximate surface area is 175 Å². The van der Waals surface area contributed by atoms with Crippen LogP contribution in [0, 0.1) is 24.4 Å². The Morgan fingerprint density at radius 1 is 0.833 bits per heavy atom. The van der Waals surface area contributed by atoms with Crippen molar-refractivity contribution in [2.75, 3.05) is 0 Å². The van der Waals surface area contributed by atoms with Gasteiger partial charge in [-0.2, -0.15) is 0 Å². The molecule has 3 aromatic carbocycles. The van der Waals surface area contributed by atoms with Gasteiger partial charge < -0.3 is 4.74 Å². The normalized spacial score (nSPS) is 14.7. The number of hydrogen-bond donors (Lipinski definition) is 0. The fraction of sp³-hybridized carbons (Fsp3) is 0.308. The molecule has 0 bridgehead atoms. The third kappa shape index (κ3) is 4.38. The average Bonchev–Trinajstić information content (AvgIpc) is 2.77.